The number of thiophene rings is 1. The molecule has 2 N–H and O–H groups in total. The Hall–Kier alpha value is -0.900. The van der Waals surface area contributed by atoms with Crippen LogP contribution in [0.25, 0.3) is 10.1 Å². The molecule has 1 heterocycles. The first kappa shape index (κ1) is 13.1. The fourth-order valence-electron chi connectivity index (χ4n) is 3.09. The number of hydrogen-bond donors (Lipinski definition) is 1. The molecule has 0 radical (unpaired) electrons. The highest BCUT2D eigenvalue weighted by molar-refractivity contribution is 7.17. The third-order valence-corrected chi connectivity index (χ3v) is 5.39. The maximum atomic E-state index is 6.35. The third-order valence-electron chi connectivity index (χ3n) is 4.38. The summed E-state index contributed by atoms with van der Waals surface area (Å²) in [5.74, 6) is 0. The van der Waals surface area contributed by atoms with E-state index in [2.05, 4.69) is 29.6 Å². The van der Waals surface area contributed by atoms with Crippen LogP contribution in [0.15, 0.2) is 29.6 Å². The molecule has 2 aromatic rings. The molecule has 3 heteroatoms. The molecule has 2 nitrogen and oxygen atoms in total. The van der Waals surface area contributed by atoms with E-state index in [-0.39, 0.29) is 11.6 Å². The highest BCUT2D eigenvalue weighted by Crippen LogP contribution is 2.39. The molecule has 1 aliphatic rings. The molecule has 0 bridgehead atoms. The van der Waals surface area contributed by atoms with Gasteiger partial charge in [0, 0.05) is 17.9 Å². The predicted molar refractivity (Wildman–Crippen MR) is 81.7 cm³/mol. The van der Waals surface area contributed by atoms with Crippen molar-refractivity contribution in [2.75, 3.05) is 7.11 Å². The van der Waals surface area contributed by atoms with Crippen molar-refractivity contribution in [3.8, 4) is 0 Å². The van der Waals surface area contributed by atoms with Crippen LogP contribution >= 0.6 is 11.3 Å². The molecule has 1 saturated carbocycles. The van der Waals surface area contributed by atoms with Crippen molar-refractivity contribution in [2.24, 2.45) is 5.73 Å². The molecule has 1 fully saturated rings. The summed E-state index contributed by atoms with van der Waals surface area (Å²) in [5, 5.41) is 3.62. The average Bonchev–Trinajstić information content (AvgIpc) is 2.78. The normalized spacial score (nSPS) is 19.3. The minimum absolute atomic E-state index is 0.0746. The smallest absolute Gasteiger partial charge is 0.0693 e. The van der Waals surface area contributed by atoms with Crippen molar-refractivity contribution in [3.63, 3.8) is 0 Å². The van der Waals surface area contributed by atoms with Gasteiger partial charge >= 0.3 is 0 Å². The van der Waals surface area contributed by atoms with Crippen LogP contribution in [-0.2, 0) is 11.2 Å². The first-order valence-corrected chi connectivity index (χ1v) is 7.86. The van der Waals surface area contributed by atoms with Gasteiger partial charge in [0.15, 0.2) is 0 Å². The van der Waals surface area contributed by atoms with Crippen LogP contribution in [0.3, 0.4) is 0 Å². The van der Waals surface area contributed by atoms with E-state index < -0.39 is 0 Å². The van der Waals surface area contributed by atoms with Gasteiger partial charge in [0.25, 0.3) is 0 Å². The maximum Gasteiger partial charge on any atom is 0.0693 e. The number of rotatable bonds is 5. The van der Waals surface area contributed by atoms with Crippen molar-refractivity contribution < 1.29 is 4.74 Å². The first-order chi connectivity index (χ1) is 9.22. The quantitative estimate of drug-likeness (QED) is 0.902. The molecule has 0 amide bonds. The number of ether oxygens (including phenoxy) is 1. The lowest BCUT2D eigenvalue weighted by Gasteiger charge is -2.42. The van der Waals surface area contributed by atoms with Gasteiger partial charge in [-0.2, -0.15) is 0 Å². The van der Waals surface area contributed by atoms with Crippen LogP contribution in [0, 0.1) is 0 Å². The minimum atomic E-state index is 0.0746. The van der Waals surface area contributed by atoms with Crippen LogP contribution in [0.4, 0.5) is 0 Å². The number of methoxy groups -OCH3 is 1. The number of hydrogen-bond acceptors (Lipinski definition) is 3. The molecule has 19 heavy (non-hydrogen) atoms. The molecule has 1 unspecified atom stereocenters. The lowest BCUT2D eigenvalue weighted by Crippen LogP contribution is -2.44. The molecule has 0 aliphatic heterocycles. The van der Waals surface area contributed by atoms with Gasteiger partial charge in [0.2, 0.25) is 0 Å². The van der Waals surface area contributed by atoms with Crippen LogP contribution in [-0.4, -0.2) is 18.8 Å². The molecule has 1 aromatic carbocycles. The summed E-state index contributed by atoms with van der Waals surface area (Å²) >= 11 is 1.81. The summed E-state index contributed by atoms with van der Waals surface area (Å²) in [5.41, 5.74) is 7.81. The van der Waals surface area contributed by atoms with Gasteiger partial charge in [-0.05, 0) is 54.5 Å². The molecule has 102 valence electrons. The lowest BCUT2D eigenvalue weighted by atomic mass is 9.75. The molecular weight excluding hydrogens is 254 g/mol. The molecule has 1 aromatic heterocycles. The van der Waals surface area contributed by atoms with E-state index >= 15 is 0 Å². The highest BCUT2D eigenvalue weighted by atomic mass is 32.1. The van der Waals surface area contributed by atoms with E-state index in [1.54, 1.807) is 0 Å². The van der Waals surface area contributed by atoms with E-state index in [4.69, 9.17) is 10.5 Å². The summed E-state index contributed by atoms with van der Waals surface area (Å²) in [6, 6.07) is 8.77. The van der Waals surface area contributed by atoms with Crippen molar-refractivity contribution in [2.45, 2.75) is 43.7 Å². The number of benzene rings is 1. The van der Waals surface area contributed by atoms with Crippen LogP contribution in [0.1, 0.15) is 31.2 Å². The second-order valence-corrected chi connectivity index (χ2v) is 6.58. The second-order valence-electron chi connectivity index (χ2n) is 5.67. The highest BCUT2D eigenvalue weighted by Gasteiger charge is 2.38. The molecule has 0 saturated heterocycles. The Morgan fingerprint density at radius 3 is 2.84 bits per heavy atom. The Balaban J connectivity index is 1.70. The van der Waals surface area contributed by atoms with Gasteiger partial charge in [0.05, 0.1) is 5.60 Å². The molecule has 1 atom stereocenters. The molecule has 0 spiro atoms. The van der Waals surface area contributed by atoms with E-state index in [1.807, 2.05) is 18.4 Å². The van der Waals surface area contributed by atoms with Crippen LogP contribution < -0.4 is 5.73 Å². The first-order valence-electron chi connectivity index (χ1n) is 6.98. The van der Waals surface area contributed by atoms with Gasteiger partial charge in [-0.3, -0.25) is 0 Å². The third kappa shape index (κ3) is 2.55. The maximum absolute atomic E-state index is 6.35. The van der Waals surface area contributed by atoms with Gasteiger partial charge in [-0.25, -0.2) is 0 Å². The SMILES string of the molecule is COC1(CC(N)Cc2csc3ccccc23)CCC1. The van der Waals surface area contributed by atoms with Gasteiger partial charge < -0.3 is 10.5 Å². The molecule has 1 aliphatic carbocycles. The zero-order valence-electron chi connectivity index (χ0n) is 11.4. The summed E-state index contributed by atoms with van der Waals surface area (Å²) in [4.78, 5) is 0. The lowest BCUT2D eigenvalue weighted by molar-refractivity contribution is -0.0813. The largest absolute Gasteiger partial charge is 0.378 e. The summed E-state index contributed by atoms with van der Waals surface area (Å²) in [6.07, 6.45) is 5.55. The monoisotopic (exact) mass is 275 g/mol. The molecular formula is C16H21NOS. The van der Waals surface area contributed by atoms with Gasteiger partial charge in [-0.15, -0.1) is 11.3 Å². The van der Waals surface area contributed by atoms with E-state index in [0.717, 1.165) is 12.8 Å². The predicted octanol–water partition coefficient (Wildman–Crippen LogP) is 3.73. The number of fused-ring (bicyclic) bond motifs is 1. The van der Waals surface area contributed by atoms with E-state index in [1.165, 1.54) is 34.9 Å². The van der Waals surface area contributed by atoms with Crippen molar-refractivity contribution >= 4 is 21.4 Å². The summed E-state index contributed by atoms with van der Waals surface area (Å²) in [6.45, 7) is 0. The average molecular weight is 275 g/mol. The Kier molecular flexibility index (Phi) is 3.61. The standard InChI is InChI=1S/C16H21NOS/c1-18-16(7-4-8-16)10-13(17)9-12-11-19-15-6-3-2-5-14(12)15/h2-3,5-6,11,13H,4,7-10,17H2,1H3. The Labute approximate surface area is 118 Å². The zero-order valence-corrected chi connectivity index (χ0v) is 12.2. The van der Waals surface area contributed by atoms with Crippen LogP contribution in [0.2, 0.25) is 0 Å². The second kappa shape index (κ2) is 5.23. The fraction of sp³-hybridized carbons (Fsp3) is 0.500. The molecule has 3 rings (SSSR count). The van der Waals surface area contributed by atoms with Crippen LogP contribution in [0.5, 0.6) is 0 Å². The van der Waals surface area contributed by atoms with E-state index in [0.29, 0.717) is 0 Å². The van der Waals surface area contributed by atoms with Gasteiger partial charge in [-0.1, -0.05) is 18.2 Å². The zero-order chi connectivity index (χ0) is 13.3. The summed E-state index contributed by atoms with van der Waals surface area (Å²) < 4.78 is 7.03. The van der Waals surface area contributed by atoms with Crippen molar-refractivity contribution in [3.05, 3.63) is 35.2 Å². The minimum Gasteiger partial charge on any atom is -0.378 e. The van der Waals surface area contributed by atoms with E-state index in [9.17, 15) is 0 Å². The fourth-order valence-corrected chi connectivity index (χ4v) is 4.06. The Morgan fingerprint density at radius 2 is 2.16 bits per heavy atom. The van der Waals surface area contributed by atoms with Crippen molar-refractivity contribution in [1.29, 1.82) is 0 Å². The van der Waals surface area contributed by atoms with Crippen molar-refractivity contribution in [1.82, 2.24) is 0 Å². The summed E-state index contributed by atoms with van der Waals surface area (Å²) in [7, 11) is 1.83. The van der Waals surface area contributed by atoms with Gasteiger partial charge in [0.1, 0.15) is 0 Å². The Bertz CT molecular complexity index is 553. The topological polar surface area (TPSA) is 35.2 Å². The Morgan fingerprint density at radius 1 is 1.37 bits per heavy atom. The number of nitrogens with two attached hydrogens (primary N) is 1.